The third-order valence-corrected chi connectivity index (χ3v) is 4.39. The number of aliphatic hydroxyl groups is 1. The Bertz CT molecular complexity index is 424. The highest BCUT2D eigenvalue weighted by Crippen LogP contribution is 2.26. The van der Waals surface area contributed by atoms with Crippen molar-refractivity contribution in [1.29, 1.82) is 0 Å². The second-order valence-corrected chi connectivity index (χ2v) is 6.25. The zero-order valence-corrected chi connectivity index (χ0v) is 13.5. The van der Waals surface area contributed by atoms with Gasteiger partial charge in [-0.15, -0.1) is 0 Å². The molecule has 0 spiro atoms. The molecule has 0 radical (unpaired) electrons. The average molecular weight is 312 g/mol. The van der Waals surface area contributed by atoms with Gasteiger partial charge in [-0.25, -0.2) is 0 Å². The van der Waals surface area contributed by atoms with E-state index in [2.05, 4.69) is 28.9 Å². The van der Waals surface area contributed by atoms with E-state index in [4.69, 9.17) is 22.4 Å². The Morgan fingerprint density at radius 1 is 1.19 bits per heavy atom. The minimum absolute atomic E-state index is 0.0653. The van der Waals surface area contributed by atoms with Crippen molar-refractivity contribution in [2.24, 2.45) is 5.73 Å². The molecule has 2 atom stereocenters. The molecule has 0 bridgehead atoms. The van der Waals surface area contributed by atoms with Gasteiger partial charge in [0, 0.05) is 43.3 Å². The lowest BCUT2D eigenvalue weighted by Gasteiger charge is -2.34. The predicted molar refractivity (Wildman–Crippen MR) is 87.6 cm³/mol. The van der Waals surface area contributed by atoms with E-state index in [1.54, 1.807) is 0 Å². The summed E-state index contributed by atoms with van der Waals surface area (Å²) >= 11 is 5.99. The first-order valence-electron chi connectivity index (χ1n) is 7.70. The summed E-state index contributed by atoms with van der Waals surface area (Å²) in [6.07, 6.45) is 1.11. The molecular weight excluding hydrogens is 286 g/mol. The maximum Gasteiger partial charge on any atom is 0.0558 e. The fourth-order valence-corrected chi connectivity index (χ4v) is 3.27. The molecule has 1 aliphatic rings. The van der Waals surface area contributed by atoms with Gasteiger partial charge in [-0.3, -0.25) is 9.80 Å². The number of β-amino-alcohol motifs (C(OH)–C–C–N with tert-alkyl or cyclic N) is 1. The lowest BCUT2D eigenvalue weighted by molar-refractivity contribution is 0.169. The van der Waals surface area contributed by atoms with Crippen LogP contribution in [0, 0.1) is 0 Å². The van der Waals surface area contributed by atoms with Crippen molar-refractivity contribution in [2.75, 3.05) is 39.3 Å². The summed E-state index contributed by atoms with van der Waals surface area (Å²) < 4.78 is 0. The highest BCUT2D eigenvalue weighted by atomic mass is 35.5. The number of rotatable bonds is 5. The second kappa shape index (κ2) is 8.11. The summed E-state index contributed by atoms with van der Waals surface area (Å²) in [5.41, 5.74) is 7.48. The Kier molecular flexibility index (Phi) is 6.45. The molecule has 1 saturated heterocycles. The second-order valence-electron chi connectivity index (χ2n) is 5.81. The third-order valence-electron chi connectivity index (χ3n) is 4.14. The number of aliphatic hydroxyl groups excluding tert-OH is 1. The van der Waals surface area contributed by atoms with E-state index in [0.29, 0.717) is 0 Å². The van der Waals surface area contributed by atoms with Crippen molar-refractivity contribution in [3.8, 4) is 0 Å². The Hall–Kier alpha value is -0.650. The number of nitrogens with zero attached hydrogens (tertiary/aromatic N) is 2. The van der Waals surface area contributed by atoms with Gasteiger partial charge in [0.15, 0.2) is 0 Å². The molecule has 1 aromatic rings. The van der Waals surface area contributed by atoms with Gasteiger partial charge in [0.25, 0.3) is 0 Å². The molecule has 118 valence electrons. The van der Waals surface area contributed by atoms with Gasteiger partial charge in [0.05, 0.1) is 6.61 Å². The molecule has 4 nitrogen and oxygen atoms in total. The summed E-state index contributed by atoms with van der Waals surface area (Å²) in [6, 6.07) is 8.30. The van der Waals surface area contributed by atoms with Crippen LogP contribution < -0.4 is 5.73 Å². The minimum Gasteiger partial charge on any atom is -0.395 e. The van der Waals surface area contributed by atoms with Gasteiger partial charge in [0.2, 0.25) is 0 Å². The number of nitrogens with two attached hydrogens (primary N) is 1. The van der Waals surface area contributed by atoms with Crippen molar-refractivity contribution in [3.63, 3.8) is 0 Å². The van der Waals surface area contributed by atoms with E-state index in [0.717, 1.165) is 44.2 Å². The molecule has 0 aromatic heterocycles. The molecule has 21 heavy (non-hydrogen) atoms. The van der Waals surface area contributed by atoms with Crippen molar-refractivity contribution >= 4 is 11.6 Å². The molecule has 2 unspecified atom stereocenters. The molecule has 0 aliphatic carbocycles. The lowest BCUT2D eigenvalue weighted by atomic mass is 9.99. The topological polar surface area (TPSA) is 52.7 Å². The van der Waals surface area contributed by atoms with Crippen molar-refractivity contribution in [2.45, 2.75) is 25.4 Å². The van der Waals surface area contributed by atoms with E-state index in [9.17, 15) is 0 Å². The molecule has 2 rings (SSSR count). The monoisotopic (exact) mass is 311 g/mol. The number of hydrogen-bond donors (Lipinski definition) is 2. The van der Waals surface area contributed by atoms with Gasteiger partial charge in [-0.2, -0.15) is 0 Å². The van der Waals surface area contributed by atoms with Crippen molar-refractivity contribution in [3.05, 3.63) is 34.9 Å². The van der Waals surface area contributed by atoms with Gasteiger partial charge < -0.3 is 10.8 Å². The Balaban J connectivity index is 2.09. The lowest BCUT2D eigenvalue weighted by Crippen LogP contribution is -2.41. The third kappa shape index (κ3) is 4.66. The van der Waals surface area contributed by atoms with E-state index in [1.807, 2.05) is 12.1 Å². The smallest absolute Gasteiger partial charge is 0.0558 e. The summed E-state index contributed by atoms with van der Waals surface area (Å²) in [4.78, 5) is 4.78. The fourth-order valence-electron chi connectivity index (χ4n) is 3.14. The van der Waals surface area contributed by atoms with Crippen LogP contribution in [0.4, 0.5) is 0 Å². The van der Waals surface area contributed by atoms with Crippen LogP contribution in [0.2, 0.25) is 5.02 Å². The van der Waals surface area contributed by atoms with Crippen LogP contribution in [0.15, 0.2) is 24.3 Å². The molecule has 1 aliphatic heterocycles. The Morgan fingerprint density at radius 3 is 2.52 bits per heavy atom. The first kappa shape index (κ1) is 16.7. The molecule has 0 saturated carbocycles. The number of hydrogen-bond acceptors (Lipinski definition) is 4. The first-order valence-corrected chi connectivity index (χ1v) is 8.08. The molecule has 1 aromatic carbocycles. The van der Waals surface area contributed by atoms with Crippen LogP contribution in [0.3, 0.4) is 0 Å². The first-order chi connectivity index (χ1) is 10.1. The van der Waals surface area contributed by atoms with Crippen LogP contribution in [0.25, 0.3) is 0 Å². The zero-order valence-electron chi connectivity index (χ0n) is 12.7. The van der Waals surface area contributed by atoms with Crippen LogP contribution in [0.1, 0.15) is 24.9 Å². The average Bonchev–Trinajstić information content (AvgIpc) is 2.67. The van der Waals surface area contributed by atoms with Gasteiger partial charge in [-0.1, -0.05) is 23.7 Å². The van der Waals surface area contributed by atoms with Crippen LogP contribution in [-0.4, -0.2) is 60.3 Å². The maximum absolute atomic E-state index is 9.09. The predicted octanol–water partition coefficient (Wildman–Crippen LogP) is 1.73. The summed E-state index contributed by atoms with van der Waals surface area (Å²) in [5, 5.41) is 9.85. The fraction of sp³-hybridized carbons (Fsp3) is 0.625. The number of benzene rings is 1. The quantitative estimate of drug-likeness (QED) is 0.869. The Morgan fingerprint density at radius 2 is 1.90 bits per heavy atom. The normalized spacial score (nSPS) is 21.0. The largest absolute Gasteiger partial charge is 0.395 e. The van der Waals surface area contributed by atoms with Gasteiger partial charge in [0.1, 0.15) is 0 Å². The zero-order chi connectivity index (χ0) is 15.2. The Labute approximate surface area is 132 Å². The van der Waals surface area contributed by atoms with E-state index < -0.39 is 0 Å². The number of halogens is 1. The molecule has 0 amide bonds. The highest BCUT2D eigenvalue weighted by Gasteiger charge is 2.26. The van der Waals surface area contributed by atoms with Crippen molar-refractivity contribution in [1.82, 2.24) is 9.80 Å². The van der Waals surface area contributed by atoms with Gasteiger partial charge in [-0.05, 0) is 37.6 Å². The summed E-state index contributed by atoms with van der Waals surface area (Å²) in [7, 11) is 0. The molecule has 1 fully saturated rings. The molecule has 5 heteroatoms. The summed E-state index contributed by atoms with van der Waals surface area (Å²) in [5.74, 6) is 0. The van der Waals surface area contributed by atoms with E-state index >= 15 is 0 Å². The van der Waals surface area contributed by atoms with Crippen LogP contribution in [-0.2, 0) is 0 Å². The highest BCUT2D eigenvalue weighted by molar-refractivity contribution is 6.30. The minimum atomic E-state index is 0.0653. The molecule has 3 N–H and O–H groups in total. The van der Waals surface area contributed by atoms with E-state index in [1.165, 1.54) is 5.56 Å². The standard InChI is InChI=1S/C16H26ClN3O/c1-13(18)16(14-3-5-15(17)6-4-14)20-8-2-7-19(9-10-20)11-12-21/h3-6,13,16,21H,2,7-12,18H2,1H3. The van der Waals surface area contributed by atoms with Crippen molar-refractivity contribution < 1.29 is 5.11 Å². The van der Waals surface area contributed by atoms with Crippen LogP contribution in [0.5, 0.6) is 0 Å². The summed E-state index contributed by atoms with van der Waals surface area (Å²) in [6.45, 7) is 7.10. The molecule has 1 heterocycles. The maximum atomic E-state index is 9.09. The van der Waals surface area contributed by atoms with Crippen LogP contribution >= 0.6 is 11.6 Å². The molecular formula is C16H26ClN3O. The van der Waals surface area contributed by atoms with Gasteiger partial charge >= 0.3 is 0 Å². The SMILES string of the molecule is CC(N)C(c1ccc(Cl)cc1)N1CCCN(CCO)CC1. The van der Waals surface area contributed by atoms with E-state index in [-0.39, 0.29) is 18.7 Å².